The number of anilines is 1. The zero-order valence-corrected chi connectivity index (χ0v) is 19.0. The van der Waals surface area contributed by atoms with E-state index < -0.39 is 5.60 Å². The second kappa shape index (κ2) is 9.11. The summed E-state index contributed by atoms with van der Waals surface area (Å²) in [5, 5.41) is 13.4. The number of hydrogen-bond acceptors (Lipinski definition) is 3. The lowest BCUT2D eigenvalue weighted by molar-refractivity contribution is -0.116. The molecule has 3 rings (SSSR count). The summed E-state index contributed by atoms with van der Waals surface area (Å²) in [6.45, 7) is 10.2. The van der Waals surface area contributed by atoms with Gasteiger partial charge in [0.15, 0.2) is 0 Å². The van der Waals surface area contributed by atoms with Crippen molar-refractivity contribution in [3.05, 3.63) is 52.1 Å². The molecule has 0 spiro atoms. The zero-order chi connectivity index (χ0) is 21.9. The SMILES string of the molecule is CCCCCCCC(=O)Nc1ccc(C2(C)Cc3c(C)c(O)c(C)c(C)c3O2)cc1. The van der Waals surface area contributed by atoms with Crippen molar-refractivity contribution in [2.45, 2.75) is 85.2 Å². The standard InChI is InChI=1S/C26H35NO3/c1-6-7-8-9-10-11-23(28)27-21-14-12-20(13-15-21)26(5)16-22-19(4)24(29)17(2)18(3)25(22)30-26/h12-15,29H,6-11,16H2,1-5H3,(H,27,28). The van der Waals surface area contributed by atoms with Gasteiger partial charge in [0.25, 0.3) is 0 Å². The van der Waals surface area contributed by atoms with Crippen molar-refractivity contribution in [1.82, 2.24) is 0 Å². The maximum absolute atomic E-state index is 12.2. The molecule has 0 radical (unpaired) electrons. The van der Waals surface area contributed by atoms with Crippen molar-refractivity contribution in [2.24, 2.45) is 0 Å². The number of fused-ring (bicyclic) bond motifs is 1. The molecular formula is C26H35NO3. The normalized spacial score (nSPS) is 17.5. The second-order valence-electron chi connectivity index (χ2n) is 8.83. The second-order valence-corrected chi connectivity index (χ2v) is 8.83. The van der Waals surface area contributed by atoms with Gasteiger partial charge in [-0.15, -0.1) is 0 Å². The first kappa shape index (κ1) is 22.2. The first-order valence-corrected chi connectivity index (χ1v) is 11.2. The van der Waals surface area contributed by atoms with Crippen LogP contribution in [-0.4, -0.2) is 11.0 Å². The number of rotatable bonds is 8. The van der Waals surface area contributed by atoms with Crippen LogP contribution in [0.4, 0.5) is 5.69 Å². The predicted octanol–water partition coefficient (Wildman–Crippen LogP) is 6.47. The van der Waals surface area contributed by atoms with Crippen LogP contribution < -0.4 is 10.1 Å². The topological polar surface area (TPSA) is 58.6 Å². The van der Waals surface area contributed by atoms with Crippen molar-refractivity contribution in [3.63, 3.8) is 0 Å². The summed E-state index contributed by atoms with van der Waals surface area (Å²) >= 11 is 0. The Kier molecular flexibility index (Phi) is 6.74. The Bertz CT molecular complexity index is 878. The number of aromatic hydroxyl groups is 1. The van der Waals surface area contributed by atoms with E-state index in [2.05, 4.69) is 19.2 Å². The van der Waals surface area contributed by atoms with Gasteiger partial charge in [-0.1, -0.05) is 44.7 Å². The van der Waals surface area contributed by atoms with Crippen LogP contribution in [-0.2, 0) is 16.8 Å². The summed E-state index contributed by atoms with van der Waals surface area (Å²) < 4.78 is 6.44. The molecule has 30 heavy (non-hydrogen) atoms. The molecule has 1 amide bonds. The Morgan fingerprint density at radius 2 is 1.70 bits per heavy atom. The van der Waals surface area contributed by atoms with Gasteiger partial charge in [0.2, 0.25) is 5.91 Å². The van der Waals surface area contributed by atoms with Crippen LogP contribution in [0.2, 0.25) is 0 Å². The third-order valence-corrected chi connectivity index (χ3v) is 6.47. The van der Waals surface area contributed by atoms with E-state index in [9.17, 15) is 9.90 Å². The fraction of sp³-hybridized carbons (Fsp3) is 0.500. The molecule has 0 saturated heterocycles. The lowest BCUT2D eigenvalue weighted by Crippen LogP contribution is -2.27. The molecule has 0 bridgehead atoms. The van der Waals surface area contributed by atoms with Crippen LogP contribution in [0.3, 0.4) is 0 Å². The fourth-order valence-electron chi connectivity index (χ4n) is 4.30. The maximum atomic E-state index is 12.2. The third-order valence-electron chi connectivity index (χ3n) is 6.47. The van der Waals surface area contributed by atoms with Crippen LogP contribution >= 0.6 is 0 Å². The quantitative estimate of drug-likeness (QED) is 0.491. The number of phenolic OH excluding ortho intramolecular Hbond substituents is 1. The van der Waals surface area contributed by atoms with Gasteiger partial charge >= 0.3 is 0 Å². The van der Waals surface area contributed by atoms with Crippen LogP contribution in [0.1, 0.15) is 80.2 Å². The van der Waals surface area contributed by atoms with Gasteiger partial charge in [-0.2, -0.15) is 0 Å². The highest BCUT2D eigenvalue weighted by molar-refractivity contribution is 5.90. The Hall–Kier alpha value is -2.49. The number of carbonyl (C=O) groups is 1. The molecule has 4 heteroatoms. The summed E-state index contributed by atoms with van der Waals surface area (Å²) in [5.41, 5.74) is 5.26. The number of phenols is 1. The summed E-state index contributed by atoms with van der Waals surface area (Å²) in [5.74, 6) is 1.34. The lowest BCUT2D eigenvalue weighted by atomic mass is 9.88. The minimum Gasteiger partial charge on any atom is -0.507 e. The van der Waals surface area contributed by atoms with E-state index >= 15 is 0 Å². The molecule has 162 valence electrons. The van der Waals surface area contributed by atoms with E-state index in [0.29, 0.717) is 18.6 Å². The number of amides is 1. The van der Waals surface area contributed by atoms with E-state index in [1.54, 1.807) is 0 Å². The largest absolute Gasteiger partial charge is 0.507 e. The van der Waals surface area contributed by atoms with Crippen molar-refractivity contribution < 1.29 is 14.6 Å². The van der Waals surface area contributed by atoms with E-state index in [-0.39, 0.29) is 5.91 Å². The highest BCUT2D eigenvalue weighted by Crippen LogP contribution is 2.48. The van der Waals surface area contributed by atoms with Gasteiger partial charge in [-0.25, -0.2) is 0 Å². The van der Waals surface area contributed by atoms with Crippen LogP contribution in [0.15, 0.2) is 24.3 Å². The molecule has 2 aromatic rings. The van der Waals surface area contributed by atoms with Crippen molar-refractivity contribution in [1.29, 1.82) is 0 Å². The Morgan fingerprint density at radius 1 is 1.03 bits per heavy atom. The van der Waals surface area contributed by atoms with Crippen molar-refractivity contribution in [2.75, 3.05) is 5.32 Å². The summed E-state index contributed by atoms with van der Waals surface area (Å²) in [6, 6.07) is 7.95. The number of carbonyl (C=O) groups excluding carboxylic acids is 1. The average Bonchev–Trinajstić information content (AvgIpc) is 3.10. The van der Waals surface area contributed by atoms with E-state index in [0.717, 1.165) is 52.1 Å². The van der Waals surface area contributed by atoms with E-state index in [4.69, 9.17) is 4.74 Å². The zero-order valence-electron chi connectivity index (χ0n) is 19.0. The highest BCUT2D eigenvalue weighted by Gasteiger charge is 2.39. The molecule has 0 fully saturated rings. The van der Waals surface area contributed by atoms with E-state index in [1.807, 2.05) is 45.0 Å². The molecule has 2 aromatic carbocycles. The molecule has 2 N–H and O–H groups in total. The Balaban J connectivity index is 1.66. The number of benzene rings is 2. The lowest BCUT2D eigenvalue weighted by Gasteiger charge is -2.25. The molecule has 4 nitrogen and oxygen atoms in total. The molecule has 1 aliphatic rings. The van der Waals surface area contributed by atoms with Crippen LogP contribution in [0.25, 0.3) is 0 Å². The van der Waals surface area contributed by atoms with Crippen LogP contribution in [0, 0.1) is 20.8 Å². The summed E-state index contributed by atoms with van der Waals surface area (Å²) in [6.07, 6.45) is 7.01. The molecule has 0 aromatic heterocycles. The Labute approximate surface area is 180 Å². The van der Waals surface area contributed by atoms with E-state index in [1.165, 1.54) is 19.3 Å². The molecule has 0 saturated carbocycles. The van der Waals surface area contributed by atoms with Gasteiger partial charge < -0.3 is 15.2 Å². The van der Waals surface area contributed by atoms with Crippen LogP contribution in [0.5, 0.6) is 11.5 Å². The molecule has 0 aliphatic carbocycles. The smallest absolute Gasteiger partial charge is 0.224 e. The number of unbranched alkanes of at least 4 members (excludes halogenated alkanes) is 4. The number of nitrogens with one attached hydrogen (secondary N) is 1. The number of ether oxygens (including phenoxy) is 1. The summed E-state index contributed by atoms with van der Waals surface area (Å²) in [7, 11) is 0. The molecule has 1 heterocycles. The van der Waals surface area contributed by atoms with Crippen molar-refractivity contribution in [3.8, 4) is 11.5 Å². The van der Waals surface area contributed by atoms with Gasteiger partial charge in [0.1, 0.15) is 17.1 Å². The van der Waals surface area contributed by atoms with Gasteiger partial charge in [0.05, 0.1) is 0 Å². The van der Waals surface area contributed by atoms with Gasteiger partial charge in [-0.05, 0) is 68.5 Å². The molecule has 1 aliphatic heterocycles. The maximum Gasteiger partial charge on any atom is 0.224 e. The molecular weight excluding hydrogens is 374 g/mol. The minimum absolute atomic E-state index is 0.0761. The van der Waals surface area contributed by atoms with Gasteiger partial charge in [0, 0.05) is 24.1 Å². The highest BCUT2D eigenvalue weighted by atomic mass is 16.5. The Morgan fingerprint density at radius 3 is 2.37 bits per heavy atom. The predicted molar refractivity (Wildman–Crippen MR) is 122 cm³/mol. The van der Waals surface area contributed by atoms with Gasteiger partial charge in [-0.3, -0.25) is 4.79 Å². The van der Waals surface area contributed by atoms with Crippen molar-refractivity contribution >= 4 is 11.6 Å². The fourth-order valence-corrected chi connectivity index (χ4v) is 4.30. The summed E-state index contributed by atoms with van der Waals surface area (Å²) in [4.78, 5) is 12.2. The molecule has 1 atom stereocenters. The minimum atomic E-state index is -0.486. The third kappa shape index (κ3) is 4.48. The monoisotopic (exact) mass is 409 g/mol. The molecule has 1 unspecified atom stereocenters. The first-order chi connectivity index (χ1) is 14.3. The average molecular weight is 410 g/mol. The number of hydrogen-bond donors (Lipinski definition) is 2. The first-order valence-electron chi connectivity index (χ1n) is 11.2.